The number of likely N-dealkylation sites (N-methyl/N-ethyl adjacent to an activating group) is 1. The quantitative estimate of drug-likeness (QED) is 0.0455. The number of aliphatic hydroxyl groups excluding tert-OH is 1. The van der Waals surface area contributed by atoms with Gasteiger partial charge in [0, 0.05) is 46.6 Å². The molecule has 0 spiro atoms. The Balaban J connectivity index is 1.69. The second-order valence-electron chi connectivity index (χ2n) is 21.8. The van der Waals surface area contributed by atoms with E-state index in [0.29, 0.717) is 62.0 Å². The Morgan fingerprint density at radius 2 is 1.48 bits per heavy atom. The topological polar surface area (TPSA) is 306 Å². The van der Waals surface area contributed by atoms with E-state index in [1.165, 1.54) is 26.2 Å². The highest BCUT2D eigenvalue weighted by Gasteiger charge is 2.43. The van der Waals surface area contributed by atoms with E-state index in [1.807, 2.05) is 39.0 Å². The maximum Gasteiger partial charge on any atom is 0.410 e. The molecule has 1 heterocycles. The summed E-state index contributed by atoms with van der Waals surface area (Å²) in [5, 5.41) is 24.6. The number of primary amides is 1. The first-order valence-electron chi connectivity index (χ1n) is 28.3. The first-order valence-corrected chi connectivity index (χ1v) is 28.3. The fourth-order valence-electron chi connectivity index (χ4n) is 10.1. The van der Waals surface area contributed by atoms with Gasteiger partial charge in [0.05, 0.1) is 61.4 Å². The minimum absolute atomic E-state index is 0.0550. The normalized spacial score (nSPS) is 17.1. The standard InChI is InChI=1S/C58H94N10O12/c1-13-15-30-68(50(37(7)14-2)45(78-11)32-46(69)67-31-20-24-44(67)52(79-12)38(8)53(72)63-39(9)51(71)41-21-17-16-18-22-41)47(70)33-62-56(75)49(36(5)6)66(10)58(77)80-34-40-25-27-42(28-26-40)64-54(73)43(23-19-29-61-57(60)76)65-55(74)48(59)35(3)4/h16-18,21-22,25-28,35-39,43-45,48-52,71H,13-15,19-20,23-24,29-34,59H2,1-12H3,(H,62,75)(H,63,72)(H,64,73)(H,65,74)(H3,60,61,76)/t37-,38+,39+,43?,44-,45+,48-,49-,50-,51+,52+/m0/s1. The third kappa shape index (κ3) is 20.3. The zero-order valence-electron chi connectivity index (χ0n) is 49.3. The third-order valence-electron chi connectivity index (χ3n) is 15.1. The Morgan fingerprint density at radius 3 is 2.05 bits per heavy atom. The maximum absolute atomic E-state index is 14.5. The summed E-state index contributed by atoms with van der Waals surface area (Å²) in [4.78, 5) is 112. The largest absolute Gasteiger partial charge is 0.445 e. The van der Waals surface area contributed by atoms with E-state index >= 15 is 0 Å². The molecule has 9 amide bonds. The third-order valence-corrected chi connectivity index (χ3v) is 15.1. The van der Waals surface area contributed by atoms with Crippen LogP contribution in [-0.4, -0.2) is 163 Å². The van der Waals surface area contributed by atoms with Crippen molar-refractivity contribution in [2.24, 2.45) is 35.1 Å². The first-order chi connectivity index (χ1) is 37.9. The van der Waals surface area contributed by atoms with Crippen LogP contribution in [0.2, 0.25) is 0 Å². The Kier molecular flexibility index (Phi) is 28.9. The van der Waals surface area contributed by atoms with Gasteiger partial charge in [0.2, 0.25) is 35.4 Å². The Hall–Kier alpha value is -6.36. The van der Waals surface area contributed by atoms with E-state index in [4.69, 9.17) is 25.7 Å². The molecule has 0 bridgehead atoms. The summed E-state index contributed by atoms with van der Waals surface area (Å²) in [5.74, 6) is -3.81. The molecule has 1 unspecified atom stereocenters. The van der Waals surface area contributed by atoms with E-state index in [9.17, 15) is 43.5 Å². The predicted octanol–water partition coefficient (Wildman–Crippen LogP) is 4.58. The second-order valence-corrected chi connectivity index (χ2v) is 21.8. The van der Waals surface area contributed by atoms with Gasteiger partial charge in [0.1, 0.15) is 18.7 Å². The minimum Gasteiger partial charge on any atom is -0.445 e. The molecule has 1 fully saturated rings. The molecule has 22 nitrogen and oxygen atoms in total. The van der Waals surface area contributed by atoms with Gasteiger partial charge >= 0.3 is 12.1 Å². The molecular weight excluding hydrogens is 1030 g/mol. The number of methoxy groups -OCH3 is 2. The molecule has 1 aliphatic heterocycles. The molecule has 22 heteroatoms. The number of carbonyl (C=O) groups is 8. The van der Waals surface area contributed by atoms with Gasteiger partial charge in [-0.1, -0.05) is 111 Å². The van der Waals surface area contributed by atoms with Gasteiger partial charge in [-0.05, 0) is 80.0 Å². The van der Waals surface area contributed by atoms with Crippen LogP contribution >= 0.6 is 0 Å². The van der Waals surface area contributed by atoms with Crippen LogP contribution in [0.3, 0.4) is 0 Å². The molecule has 448 valence electrons. The summed E-state index contributed by atoms with van der Waals surface area (Å²) in [6.07, 6.45) is 0.778. The highest BCUT2D eigenvalue weighted by molar-refractivity contribution is 5.98. The summed E-state index contributed by atoms with van der Waals surface area (Å²) in [6, 6.07) is 10.5. The van der Waals surface area contributed by atoms with Crippen LogP contribution in [0.25, 0.3) is 0 Å². The molecule has 10 N–H and O–H groups in total. The summed E-state index contributed by atoms with van der Waals surface area (Å²) in [7, 11) is 4.50. The number of rotatable bonds is 33. The van der Waals surface area contributed by atoms with Crippen molar-refractivity contribution in [1.29, 1.82) is 0 Å². The maximum atomic E-state index is 14.5. The molecule has 0 radical (unpaired) electrons. The lowest BCUT2D eigenvalue weighted by Crippen LogP contribution is -2.57. The van der Waals surface area contributed by atoms with Gasteiger partial charge in [0.25, 0.3) is 0 Å². The fourth-order valence-corrected chi connectivity index (χ4v) is 10.1. The van der Waals surface area contributed by atoms with E-state index in [1.54, 1.807) is 87.7 Å². The summed E-state index contributed by atoms with van der Waals surface area (Å²) < 4.78 is 17.7. The average Bonchev–Trinajstić information content (AvgIpc) is 3.98. The van der Waals surface area contributed by atoms with E-state index in [2.05, 4.69) is 26.6 Å². The van der Waals surface area contributed by atoms with Gasteiger partial charge in [-0.15, -0.1) is 0 Å². The summed E-state index contributed by atoms with van der Waals surface area (Å²) in [6.45, 7) is 17.1. The lowest BCUT2D eigenvalue weighted by molar-refractivity contribution is -0.147. The van der Waals surface area contributed by atoms with Crippen molar-refractivity contribution >= 4 is 53.3 Å². The molecule has 2 aromatic carbocycles. The molecule has 2 aromatic rings. The number of urea groups is 1. The number of ether oxygens (including phenoxy) is 3. The Bertz CT molecular complexity index is 2290. The van der Waals surface area contributed by atoms with Gasteiger partial charge in [-0.25, -0.2) is 9.59 Å². The van der Waals surface area contributed by atoms with Crippen LogP contribution in [0, 0.1) is 23.7 Å². The van der Waals surface area contributed by atoms with E-state index in [0.717, 1.165) is 6.42 Å². The van der Waals surface area contributed by atoms with Crippen LogP contribution in [0.15, 0.2) is 54.6 Å². The van der Waals surface area contributed by atoms with Crippen molar-refractivity contribution in [3.8, 4) is 0 Å². The van der Waals surface area contributed by atoms with Crippen molar-refractivity contribution in [1.82, 2.24) is 36.0 Å². The number of amides is 9. The Labute approximate surface area is 473 Å². The molecule has 0 aliphatic carbocycles. The SMILES string of the molecule is CCCCN(C(=O)CNC(=O)[C@H](C(C)C)N(C)C(=O)OCc1ccc(NC(=O)C(CCCNC(N)=O)NC(=O)[C@@H](N)C(C)C)cc1)[C@@H]([C@@H](C)CC)[C@@H](CC(=O)N1CCC[C@H]1[C@H](OC)[C@@H](C)C(=O)N[C@H](C)[C@@H](O)c1ccccc1)OC. The second kappa shape index (κ2) is 34.0. The van der Waals surface area contributed by atoms with Crippen LogP contribution in [0.5, 0.6) is 0 Å². The monoisotopic (exact) mass is 1120 g/mol. The number of hydrogen-bond donors (Lipinski definition) is 8. The smallest absolute Gasteiger partial charge is 0.410 e. The number of unbranched alkanes of at least 4 members (excludes halogenated alkanes) is 1. The predicted molar refractivity (Wildman–Crippen MR) is 305 cm³/mol. The molecule has 80 heavy (non-hydrogen) atoms. The Morgan fingerprint density at radius 1 is 0.812 bits per heavy atom. The molecule has 3 rings (SSSR count). The average molecular weight is 1120 g/mol. The van der Waals surface area contributed by atoms with Crippen LogP contribution in [0.1, 0.15) is 131 Å². The number of nitrogens with zero attached hydrogens (tertiary/aromatic N) is 3. The van der Waals surface area contributed by atoms with Crippen molar-refractivity contribution in [3.63, 3.8) is 0 Å². The molecule has 1 saturated heterocycles. The fraction of sp³-hybridized carbons (Fsp3) is 0.655. The molecular formula is C58H94N10O12. The van der Waals surface area contributed by atoms with Crippen LogP contribution < -0.4 is 38.1 Å². The van der Waals surface area contributed by atoms with E-state index < -0.39 is 96.2 Å². The number of aliphatic hydroxyl groups is 1. The van der Waals surface area contributed by atoms with Crippen molar-refractivity contribution in [2.75, 3.05) is 52.8 Å². The highest BCUT2D eigenvalue weighted by atomic mass is 16.6. The number of carbonyl (C=O) groups excluding carboxylic acids is 8. The first kappa shape index (κ1) is 67.9. The molecule has 0 aromatic heterocycles. The molecule has 1 aliphatic rings. The van der Waals surface area contributed by atoms with Gasteiger partial charge in [-0.3, -0.25) is 33.7 Å². The zero-order valence-corrected chi connectivity index (χ0v) is 49.3. The number of nitrogens with two attached hydrogens (primary N) is 2. The van der Waals surface area contributed by atoms with Gasteiger partial charge < -0.3 is 67.2 Å². The zero-order chi connectivity index (χ0) is 59.8. The van der Waals surface area contributed by atoms with Crippen LogP contribution in [0.4, 0.5) is 15.3 Å². The lowest BCUT2D eigenvalue weighted by atomic mass is 9.89. The number of nitrogens with one attached hydrogen (secondary N) is 5. The number of hydrogen-bond acceptors (Lipinski definition) is 13. The number of anilines is 1. The van der Waals surface area contributed by atoms with Gasteiger partial charge in [0.15, 0.2) is 0 Å². The molecule has 0 saturated carbocycles. The van der Waals surface area contributed by atoms with Crippen molar-refractivity contribution in [3.05, 3.63) is 65.7 Å². The number of benzene rings is 2. The van der Waals surface area contributed by atoms with E-state index in [-0.39, 0.29) is 62.1 Å². The van der Waals surface area contributed by atoms with Crippen molar-refractivity contribution in [2.45, 2.75) is 175 Å². The van der Waals surface area contributed by atoms with Crippen molar-refractivity contribution < 1.29 is 57.7 Å². The van der Waals surface area contributed by atoms with Gasteiger partial charge in [-0.2, -0.15) is 0 Å². The highest BCUT2D eigenvalue weighted by Crippen LogP contribution is 2.30. The van der Waals surface area contributed by atoms with Crippen LogP contribution in [-0.2, 0) is 49.6 Å². The minimum atomic E-state index is -1.02. The summed E-state index contributed by atoms with van der Waals surface area (Å²) in [5.41, 5.74) is 12.8. The number of likely N-dealkylation sites (tertiary alicyclic amines) is 1. The molecule has 11 atom stereocenters. The summed E-state index contributed by atoms with van der Waals surface area (Å²) >= 11 is 0. The lowest BCUT2D eigenvalue weighted by Gasteiger charge is -2.41.